The number of rotatable bonds is 6. The Kier molecular flexibility index (Phi) is 11.3. The third-order valence-electron chi connectivity index (χ3n) is 11.4. The Morgan fingerprint density at radius 1 is 0.567 bits per heavy atom. The van der Waals surface area contributed by atoms with E-state index in [4.69, 9.17) is 9.72 Å². The van der Waals surface area contributed by atoms with Crippen molar-refractivity contribution in [3.05, 3.63) is 168 Å². The van der Waals surface area contributed by atoms with E-state index in [-0.39, 0.29) is 42.7 Å². The summed E-state index contributed by atoms with van der Waals surface area (Å²) in [4.78, 5) is 9.38. The molecule has 0 saturated heterocycles. The van der Waals surface area contributed by atoms with E-state index in [1.165, 1.54) is 16.7 Å². The number of benzene rings is 5. The van der Waals surface area contributed by atoms with E-state index in [9.17, 15) is 0 Å². The molecule has 312 valence electrons. The minimum absolute atomic E-state index is 0. The molecule has 0 bridgehead atoms. The van der Waals surface area contributed by atoms with Gasteiger partial charge in [-0.25, -0.2) is 4.98 Å². The van der Waals surface area contributed by atoms with E-state index in [0.29, 0.717) is 11.5 Å². The Labute approximate surface area is 372 Å². The van der Waals surface area contributed by atoms with Gasteiger partial charge in [0.1, 0.15) is 5.82 Å². The van der Waals surface area contributed by atoms with Crippen molar-refractivity contribution in [1.29, 1.82) is 0 Å². The molecule has 3 heterocycles. The van der Waals surface area contributed by atoms with Crippen molar-refractivity contribution in [3.63, 3.8) is 0 Å². The molecule has 0 unspecified atom stereocenters. The molecule has 2 aromatic heterocycles. The Balaban J connectivity index is 0.00000544. The second kappa shape index (κ2) is 15.7. The number of ether oxygens (including phenoxy) is 1. The van der Waals surface area contributed by atoms with Crippen LogP contribution in [0.15, 0.2) is 122 Å². The van der Waals surface area contributed by atoms with Crippen molar-refractivity contribution in [2.24, 2.45) is 0 Å². The predicted molar refractivity (Wildman–Crippen MR) is 248 cm³/mol. The van der Waals surface area contributed by atoms with E-state index < -0.39 is 0 Å². The average molecular weight is 973 g/mol. The molecule has 0 aliphatic carbocycles. The van der Waals surface area contributed by atoms with Gasteiger partial charge in [-0.2, -0.15) is 6.07 Å². The molecule has 0 amide bonds. The quantitative estimate of drug-likeness (QED) is 0.156. The standard InChI is InChI=1S/C54H57N4O.Pt/c1-51(2,3)37-24-25-55-50(31-37)58-47-21-17-16-20-45(47)46-23-22-43(33-48(46)58)59-44-30-40(54(10,11)12)29-42(32-44)57-35-56(34-49(57)36-18-14-13-15-19-36)41-27-38(52(4,5)6)26-39(28-41)53(7,8)9;/h13-31,34-35H,1-12H3;/q-3;. The van der Waals surface area contributed by atoms with Gasteiger partial charge in [0.15, 0.2) is 0 Å². The van der Waals surface area contributed by atoms with E-state index in [2.05, 4.69) is 226 Å². The Bertz CT molecular complexity index is 2680. The topological polar surface area (TPSA) is 33.5 Å². The number of aromatic nitrogens is 2. The number of para-hydroxylation sites is 1. The van der Waals surface area contributed by atoms with Crippen LogP contribution in [-0.2, 0) is 42.7 Å². The van der Waals surface area contributed by atoms with Gasteiger partial charge in [-0.3, -0.25) is 0 Å². The van der Waals surface area contributed by atoms with Gasteiger partial charge >= 0.3 is 0 Å². The molecule has 0 atom stereocenters. The summed E-state index contributed by atoms with van der Waals surface area (Å²) in [5.74, 6) is 2.10. The van der Waals surface area contributed by atoms with Crippen molar-refractivity contribution < 1.29 is 25.8 Å². The molecule has 1 aliphatic heterocycles. The summed E-state index contributed by atoms with van der Waals surface area (Å²) < 4.78 is 9.03. The van der Waals surface area contributed by atoms with Crippen LogP contribution in [-0.4, -0.2) is 9.55 Å². The fourth-order valence-corrected chi connectivity index (χ4v) is 7.64. The first-order valence-electron chi connectivity index (χ1n) is 20.8. The number of hydrogen-bond donors (Lipinski definition) is 0. The van der Waals surface area contributed by atoms with Crippen LogP contribution in [0.1, 0.15) is 111 Å². The van der Waals surface area contributed by atoms with Crippen LogP contribution < -0.4 is 14.5 Å². The van der Waals surface area contributed by atoms with Crippen LogP contribution in [0.5, 0.6) is 11.5 Å². The molecule has 6 heteroatoms. The number of fused-ring (bicyclic) bond motifs is 3. The summed E-state index contributed by atoms with van der Waals surface area (Å²) in [5.41, 5.74) is 11.0. The van der Waals surface area contributed by atoms with Crippen LogP contribution in [0.3, 0.4) is 0 Å². The number of pyridine rings is 1. The first kappa shape index (κ1) is 43.0. The number of nitrogens with zero attached hydrogens (tertiary/aromatic N) is 4. The maximum atomic E-state index is 6.83. The SMILES string of the molecule is CC(C)(C)c1cc(Oc2[c-]c3c(cc2)c2ccccc2n3-c2cc(C(C)(C)C)ccn2)[c-]c(N2[CH-]N(c3cc(C(C)(C)C)cc(C(C)(C)C)c3)C=C2c2ccccc2)c1.[Pt]. The number of anilines is 2. The van der Waals surface area contributed by atoms with E-state index >= 15 is 0 Å². The Morgan fingerprint density at radius 2 is 1.18 bits per heavy atom. The molecular formula is C54H57N4OPt-3. The second-order valence-electron chi connectivity index (χ2n) is 20.1. The predicted octanol–water partition coefficient (Wildman–Crippen LogP) is 14.2. The van der Waals surface area contributed by atoms with Crippen LogP contribution in [0, 0.1) is 18.8 Å². The minimum atomic E-state index is -0.162. The van der Waals surface area contributed by atoms with E-state index in [1.54, 1.807) is 0 Å². The fraction of sp³-hybridized carbons (Fsp3) is 0.296. The van der Waals surface area contributed by atoms with Gasteiger partial charge in [-0.1, -0.05) is 143 Å². The fourth-order valence-electron chi connectivity index (χ4n) is 7.64. The van der Waals surface area contributed by atoms with Gasteiger partial charge in [0, 0.05) is 55.7 Å². The van der Waals surface area contributed by atoms with Gasteiger partial charge in [-0.15, -0.1) is 53.6 Å². The molecular weight excluding hydrogens is 916 g/mol. The van der Waals surface area contributed by atoms with Gasteiger partial charge in [-0.05, 0) is 85.8 Å². The molecule has 0 spiro atoms. The van der Waals surface area contributed by atoms with Crippen LogP contribution in [0.2, 0.25) is 0 Å². The van der Waals surface area contributed by atoms with Gasteiger partial charge < -0.3 is 19.1 Å². The maximum absolute atomic E-state index is 6.83. The first-order chi connectivity index (χ1) is 27.7. The first-order valence-corrected chi connectivity index (χ1v) is 20.8. The van der Waals surface area contributed by atoms with E-state index in [0.717, 1.165) is 55.8 Å². The molecule has 0 saturated carbocycles. The summed E-state index contributed by atoms with van der Waals surface area (Å²) in [6, 6.07) is 46.3. The molecule has 7 aromatic rings. The third kappa shape index (κ3) is 8.57. The van der Waals surface area contributed by atoms with Crippen molar-refractivity contribution >= 4 is 38.9 Å². The zero-order valence-corrected chi connectivity index (χ0v) is 39.4. The van der Waals surface area contributed by atoms with Crippen LogP contribution in [0.25, 0.3) is 33.3 Å². The molecule has 0 fully saturated rings. The average Bonchev–Trinajstić information content (AvgIpc) is 3.77. The van der Waals surface area contributed by atoms with Crippen molar-refractivity contribution in [2.45, 2.75) is 105 Å². The molecule has 0 radical (unpaired) electrons. The van der Waals surface area contributed by atoms with Crippen molar-refractivity contribution in [3.8, 4) is 17.3 Å². The zero-order chi connectivity index (χ0) is 42.1. The monoisotopic (exact) mass is 972 g/mol. The van der Waals surface area contributed by atoms with Crippen LogP contribution in [0.4, 0.5) is 11.4 Å². The van der Waals surface area contributed by atoms with Gasteiger partial charge in [0.25, 0.3) is 0 Å². The summed E-state index contributed by atoms with van der Waals surface area (Å²) in [6.07, 6.45) is 4.15. The Hall–Kier alpha value is -5.12. The Morgan fingerprint density at radius 3 is 1.83 bits per heavy atom. The largest absolute Gasteiger partial charge is 0.509 e. The second-order valence-corrected chi connectivity index (χ2v) is 20.1. The van der Waals surface area contributed by atoms with Gasteiger partial charge in [0.05, 0.1) is 0 Å². The van der Waals surface area contributed by atoms with Crippen LogP contribution >= 0.6 is 0 Å². The smallest absolute Gasteiger partial charge is 0.135 e. The normalized spacial score (nSPS) is 13.8. The summed E-state index contributed by atoms with van der Waals surface area (Å²) in [7, 11) is 0. The van der Waals surface area contributed by atoms with Crippen molar-refractivity contribution in [1.82, 2.24) is 9.55 Å². The van der Waals surface area contributed by atoms with E-state index in [1.807, 2.05) is 12.3 Å². The summed E-state index contributed by atoms with van der Waals surface area (Å²) >= 11 is 0. The zero-order valence-electron chi connectivity index (χ0n) is 37.1. The van der Waals surface area contributed by atoms with Gasteiger partial charge in [0.2, 0.25) is 0 Å². The molecule has 5 nitrogen and oxygen atoms in total. The number of hydrogen-bond acceptors (Lipinski definition) is 4. The minimum Gasteiger partial charge on any atom is -0.509 e. The molecule has 5 aromatic carbocycles. The molecule has 0 N–H and O–H groups in total. The maximum Gasteiger partial charge on any atom is 0.135 e. The molecule has 1 aliphatic rings. The third-order valence-corrected chi connectivity index (χ3v) is 11.4. The molecule has 60 heavy (non-hydrogen) atoms. The summed E-state index contributed by atoms with van der Waals surface area (Å²) in [5, 5.41) is 2.24. The molecule has 8 rings (SSSR count). The van der Waals surface area contributed by atoms with Crippen molar-refractivity contribution in [2.75, 3.05) is 9.80 Å². The summed E-state index contributed by atoms with van der Waals surface area (Å²) in [6.45, 7) is 29.3.